The van der Waals surface area contributed by atoms with Gasteiger partial charge in [-0.1, -0.05) is 26.0 Å². The zero-order valence-electron chi connectivity index (χ0n) is 13.0. The van der Waals surface area contributed by atoms with E-state index in [9.17, 15) is 9.59 Å². The Bertz CT molecular complexity index is 511. The van der Waals surface area contributed by atoms with Gasteiger partial charge in [0, 0.05) is 6.54 Å². The van der Waals surface area contributed by atoms with Crippen molar-refractivity contribution in [3.05, 3.63) is 29.3 Å². The predicted octanol–water partition coefficient (Wildman–Crippen LogP) is 2.16. The van der Waals surface area contributed by atoms with Crippen molar-refractivity contribution in [1.82, 2.24) is 5.32 Å². The fraction of sp³-hybridized carbons (Fsp3) is 0.500. The second-order valence-electron chi connectivity index (χ2n) is 5.48. The van der Waals surface area contributed by atoms with E-state index in [1.54, 1.807) is 0 Å². The molecule has 21 heavy (non-hydrogen) atoms. The van der Waals surface area contributed by atoms with Gasteiger partial charge in [0.05, 0.1) is 5.92 Å². The Morgan fingerprint density at radius 3 is 2.52 bits per heavy atom. The van der Waals surface area contributed by atoms with Crippen LogP contribution in [0.4, 0.5) is 0 Å². The zero-order valence-corrected chi connectivity index (χ0v) is 13.0. The van der Waals surface area contributed by atoms with Gasteiger partial charge in [-0.15, -0.1) is 0 Å². The van der Waals surface area contributed by atoms with Gasteiger partial charge in [-0.3, -0.25) is 9.59 Å². The van der Waals surface area contributed by atoms with Crippen LogP contribution in [0.15, 0.2) is 18.2 Å². The summed E-state index contributed by atoms with van der Waals surface area (Å²) in [5.41, 5.74) is 2.09. The molecule has 116 valence electrons. The number of carboxylic acids is 1. The SMILES string of the molecule is Cc1cccc(OCC(=O)NCC(C(=O)O)C(C)C)c1C. The summed E-state index contributed by atoms with van der Waals surface area (Å²) in [6, 6.07) is 5.65. The van der Waals surface area contributed by atoms with E-state index in [2.05, 4.69) is 5.32 Å². The van der Waals surface area contributed by atoms with Crippen LogP contribution in [0.1, 0.15) is 25.0 Å². The molecule has 0 saturated carbocycles. The van der Waals surface area contributed by atoms with Gasteiger partial charge in [-0.05, 0) is 37.0 Å². The van der Waals surface area contributed by atoms with Crippen molar-refractivity contribution in [2.24, 2.45) is 11.8 Å². The Morgan fingerprint density at radius 2 is 1.95 bits per heavy atom. The van der Waals surface area contributed by atoms with E-state index in [-0.39, 0.29) is 25.0 Å². The fourth-order valence-corrected chi connectivity index (χ4v) is 1.91. The number of carboxylic acid groups (broad SMARTS) is 1. The first kappa shape index (κ1) is 17.0. The Balaban J connectivity index is 2.48. The van der Waals surface area contributed by atoms with Crippen molar-refractivity contribution in [1.29, 1.82) is 0 Å². The summed E-state index contributed by atoms with van der Waals surface area (Å²) in [6.07, 6.45) is 0. The second kappa shape index (κ2) is 7.67. The maximum atomic E-state index is 11.7. The van der Waals surface area contributed by atoms with Crippen molar-refractivity contribution in [2.45, 2.75) is 27.7 Å². The molecule has 0 fully saturated rings. The van der Waals surface area contributed by atoms with E-state index in [1.165, 1.54) is 0 Å². The molecule has 0 bridgehead atoms. The summed E-state index contributed by atoms with van der Waals surface area (Å²) in [4.78, 5) is 22.8. The molecular formula is C16H23NO4. The monoisotopic (exact) mass is 293 g/mol. The number of hydrogen-bond donors (Lipinski definition) is 2. The third kappa shape index (κ3) is 5.10. The van der Waals surface area contributed by atoms with Gasteiger partial charge < -0.3 is 15.2 Å². The number of benzene rings is 1. The number of aliphatic carboxylic acids is 1. The number of rotatable bonds is 7. The van der Waals surface area contributed by atoms with E-state index in [0.717, 1.165) is 11.1 Å². The molecule has 0 aliphatic carbocycles. The highest BCUT2D eigenvalue weighted by atomic mass is 16.5. The molecule has 0 spiro atoms. The number of nitrogens with one attached hydrogen (secondary N) is 1. The minimum Gasteiger partial charge on any atom is -0.483 e. The van der Waals surface area contributed by atoms with Crippen LogP contribution in [0.3, 0.4) is 0 Å². The molecule has 2 N–H and O–H groups in total. The number of ether oxygens (including phenoxy) is 1. The quantitative estimate of drug-likeness (QED) is 0.807. The lowest BCUT2D eigenvalue weighted by atomic mass is 9.96. The van der Waals surface area contributed by atoms with Crippen LogP contribution in [0, 0.1) is 25.7 Å². The van der Waals surface area contributed by atoms with Gasteiger partial charge in [0.2, 0.25) is 0 Å². The molecule has 1 atom stereocenters. The molecule has 0 heterocycles. The summed E-state index contributed by atoms with van der Waals surface area (Å²) >= 11 is 0. The third-order valence-electron chi connectivity index (χ3n) is 3.55. The Kier molecular flexibility index (Phi) is 6.21. The lowest BCUT2D eigenvalue weighted by molar-refractivity contribution is -0.143. The molecular weight excluding hydrogens is 270 g/mol. The van der Waals surface area contributed by atoms with Gasteiger partial charge in [-0.25, -0.2) is 0 Å². The lowest BCUT2D eigenvalue weighted by Crippen LogP contribution is -2.37. The molecule has 0 aromatic heterocycles. The molecule has 0 aliphatic rings. The molecule has 0 aliphatic heterocycles. The van der Waals surface area contributed by atoms with Crippen LogP contribution >= 0.6 is 0 Å². The van der Waals surface area contributed by atoms with Crippen LogP contribution in [-0.2, 0) is 9.59 Å². The van der Waals surface area contributed by atoms with Gasteiger partial charge in [0.15, 0.2) is 6.61 Å². The molecule has 1 rings (SSSR count). The zero-order chi connectivity index (χ0) is 16.0. The highest BCUT2D eigenvalue weighted by Crippen LogP contribution is 2.20. The van der Waals surface area contributed by atoms with Gasteiger partial charge in [-0.2, -0.15) is 0 Å². The summed E-state index contributed by atoms with van der Waals surface area (Å²) in [6.45, 7) is 7.54. The molecule has 5 heteroatoms. The summed E-state index contributed by atoms with van der Waals surface area (Å²) in [5.74, 6) is -1.18. The molecule has 0 radical (unpaired) electrons. The number of carbonyl (C=O) groups excluding carboxylic acids is 1. The fourth-order valence-electron chi connectivity index (χ4n) is 1.91. The first-order valence-electron chi connectivity index (χ1n) is 7.01. The Hall–Kier alpha value is -2.04. The van der Waals surface area contributed by atoms with Crippen molar-refractivity contribution in [3.63, 3.8) is 0 Å². The first-order valence-corrected chi connectivity index (χ1v) is 7.01. The highest BCUT2D eigenvalue weighted by molar-refractivity contribution is 5.78. The van der Waals surface area contributed by atoms with E-state index in [4.69, 9.17) is 9.84 Å². The van der Waals surface area contributed by atoms with Gasteiger partial charge in [0.1, 0.15) is 5.75 Å². The number of hydrogen-bond acceptors (Lipinski definition) is 3. The van der Waals surface area contributed by atoms with Crippen molar-refractivity contribution >= 4 is 11.9 Å². The van der Waals surface area contributed by atoms with Crippen LogP contribution in [0.25, 0.3) is 0 Å². The first-order chi connectivity index (χ1) is 9.82. The van der Waals surface area contributed by atoms with Crippen molar-refractivity contribution in [3.8, 4) is 5.75 Å². The van der Waals surface area contributed by atoms with Crippen LogP contribution in [-0.4, -0.2) is 30.1 Å². The Morgan fingerprint density at radius 1 is 1.29 bits per heavy atom. The van der Waals surface area contributed by atoms with Crippen molar-refractivity contribution in [2.75, 3.05) is 13.2 Å². The maximum Gasteiger partial charge on any atom is 0.308 e. The number of carbonyl (C=O) groups is 2. The van der Waals surface area contributed by atoms with Crippen LogP contribution < -0.4 is 10.1 Å². The normalized spacial score (nSPS) is 12.0. The molecule has 5 nitrogen and oxygen atoms in total. The van der Waals surface area contributed by atoms with E-state index in [0.29, 0.717) is 5.75 Å². The van der Waals surface area contributed by atoms with Crippen molar-refractivity contribution < 1.29 is 19.4 Å². The minimum atomic E-state index is -0.902. The standard InChI is InChI=1S/C16H23NO4/c1-10(2)13(16(19)20)8-17-15(18)9-21-14-7-5-6-11(3)12(14)4/h5-7,10,13H,8-9H2,1-4H3,(H,17,18)(H,19,20). The van der Waals surface area contributed by atoms with Crippen LogP contribution in [0.2, 0.25) is 0 Å². The third-order valence-corrected chi connectivity index (χ3v) is 3.55. The van der Waals surface area contributed by atoms with Gasteiger partial charge in [0.25, 0.3) is 5.91 Å². The van der Waals surface area contributed by atoms with Gasteiger partial charge >= 0.3 is 5.97 Å². The number of amides is 1. The summed E-state index contributed by atoms with van der Waals surface area (Å²) in [7, 11) is 0. The molecule has 1 amide bonds. The van der Waals surface area contributed by atoms with E-state index < -0.39 is 11.9 Å². The topological polar surface area (TPSA) is 75.6 Å². The molecule has 1 unspecified atom stereocenters. The average molecular weight is 293 g/mol. The smallest absolute Gasteiger partial charge is 0.308 e. The summed E-state index contributed by atoms with van der Waals surface area (Å²) in [5, 5.41) is 11.7. The predicted molar refractivity (Wildman–Crippen MR) is 80.4 cm³/mol. The second-order valence-corrected chi connectivity index (χ2v) is 5.48. The van der Waals surface area contributed by atoms with Crippen LogP contribution in [0.5, 0.6) is 5.75 Å². The number of aryl methyl sites for hydroxylation is 1. The average Bonchev–Trinajstić information content (AvgIpc) is 2.39. The Labute approximate surface area is 125 Å². The van der Waals surface area contributed by atoms with E-state index in [1.807, 2.05) is 45.9 Å². The molecule has 1 aromatic rings. The minimum absolute atomic E-state index is 0.0391. The molecule has 1 aromatic carbocycles. The lowest BCUT2D eigenvalue weighted by Gasteiger charge is -2.17. The maximum absolute atomic E-state index is 11.7. The summed E-state index contributed by atoms with van der Waals surface area (Å²) < 4.78 is 5.47. The van der Waals surface area contributed by atoms with E-state index >= 15 is 0 Å². The molecule has 0 saturated heterocycles. The largest absolute Gasteiger partial charge is 0.483 e. The highest BCUT2D eigenvalue weighted by Gasteiger charge is 2.22.